The maximum atomic E-state index is 6.20. The molecule has 0 aliphatic rings. The van der Waals surface area contributed by atoms with Crippen LogP contribution in [0.25, 0.3) is 27.4 Å². The zero-order valence-corrected chi connectivity index (χ0v) is 18.2. The average Bonchev–Trinajstić information content (AvgIpc) is 3.20. The Morgan fingerprint density at radius 1 is 0.613 bits per heavy atom. The number of aromatic nitrogens is 1. The van der Waals surface area contributed by atoms with Crippen LogP contribution in [0.1, 0.15) is 0 Å². The van der Waals surface area contributed by atoms with Gasteiger partial charge in [0, 0.05) is 16.3 Å². The van der Waals surface area contributed by atoms with Gasteiger partial charge in [-0.05, 0) is 42.0 Å². The van der Waals surface area contributed by atoms with Crippen LogP contribution in [0.4, 0.5) is 5.69 Å². The molecule has 150 valence electrons. The molecule has 0 bridgehead atoms. The second-order valence-electron chi connectivity index (χ2n) is 7.05. The van der Waals surface area contributed by atoms with Crippen LogP contribution in [0, 0.1) is 0 Å². The monoisotopic (exact) mass is 438 g/mol. The van der Waals surface area contributed by atoms with E-state index in [4.69, 9.17) is 16.6 Å². The fraction of sp³-hybridized carbons (Fsp3) is 0. The van der Waals surface area contributed by atoms with Gasteiger partial charge in [-0.25, -0.2) is 4.99 Å². The van der Waals surface area contributed by atoms with Gasteiger partial charge in [0.1, 0.15) is 0 Å². The molecular formula is C27H19ClN2S. The summed E-state index contributed by atoms with van der Waals surface area (Å²) in [5, 5.41) is 0.723. The average molecular weight is 439 g/mol. The standard InChI is InChI=1S/C27H19ClN2S/c28-22-18-16-20(17-19-22)25-26(21-10-4-1-5-11-21)31-27(29-23-12-6-2-7-13-23)30(25)24-14-8-3-9-15-24/h1-19H. The van der Waals surface area contributed by atoms with Crippen LogP contribution in [0.3, 0.4) is 0 Å². The minimum atomic E-state index is 0.723. The Bertz CT molecular complexity index is 1350. The molecule has 0 unspecified atom stereocenters. The zero-order chi connectivity index (χ0) is 21.0. The fourth-order valence-corrected chi connectivity index (χ4v) is 4.85. The van der Waals surface area contributed by atoms with Crippen LogP contribution < -0.4 is 4.80 Å². The normalized spacial score (nSPS) is 11.6. The summed E-state index contributed by atoms with van der Waals surface area (Å²) in [4.78, 5) is 7.11. The Balaban J connectivity index is 1.88. The van der Waals surface area contributed by atoms with Crippen molar-refractivity contribution in [3.05, 3.63) is 125 Å². The number of hydrogen-bond donors (Lipinski definition) is 0. The SMILES string of the molecule is Clc1ccc(-c2c(-c3ccccc3)sc(=Nc3ccccc3)n2-c2ccccc2)cc1. The number of thiazole rings is 1. The van der Waals surface area contributed by atoms with E-state index in [-0.39, 0.29) is 0 Å². The second kappa shape index (κ2) is 8.76. The Kier molecular flexibility index (Phi) is 5.53. The van der Waals surface area contributed by atoms with E-state index in [1.54, 1.807) is 11.3 Å². The lowest BCUT2D eigenvalue weighted by Crippen LogP contribution is -2.13. The minimum Gasteiger partial charge on any atom is -0.284 e. The molecule has 4 heteroatoms. The first-order valence-electron chi connectivity index (χ1n) is 10.0. The molecule has 0 fully saturated rings. The molecule has 5 rings (SSSR count). The van der Waals surface area contributed by atoms with Crippen molar-refractivity contribution in [2.45, 2.75) is 0 Å². The molecule has 5 aromatic rings. The molecule has 0 amide bonds. The fourth-order valence-electron chi connectivity index (χ4n) is 3.54. The van der Waals surface area contributed by atoms with Crippen LogP contribution in [0.5, 0.6) is 0 Å². The number of para-hydroxylation sites is 2. The molecule has 1 heterocycles. The third-order valence-corrected chi connectivity index (χ3v) is 6.31. The number of halogens is 1. The van der Waals surface area contributed by atoms with Crippen molar-refractivity contribution in [1.82, 2.24) is 4.57 Å². The van der Waals surface area contributed by atoms with Crippen molar-refractivity contribution in [2.75, 3.05) is 0 Å². The van der Waals surface area contributed by atoms with Gasteiger partial charge >= 0.3 is 0 Å². The predicted molar refractivity (Wildman–Crippen MR) is 131 cm³/mol. The van der Waals surface area contributed by atoms with Crippen LogP contribution >= 0.6 is 22.9 Å². The van der Waals surface area contributed by atoms with Crippen LogP contribution in [-0.4, -0.2) is 4.57 Å². The van der Waals surface area contributed by atoms with E-state index in [0.29, 0.717) is 0 Å². The number of nitrogens with zero attached hydrogens (tertiary/aromatic N) is 2. The largest absolute Gasteiger partial charge is 0.284 e. The topological polar surface area (TPSA) is 17.3 Å². The smallest absolute Gasteiger partial charge is 0.195 e. The number of rotatable bonds is 4. The van der Waals surface area contributed by atoms with Crippen LogP contribution in [0.15, 0.2) is 120 Å². The van der Waals surface area contributed by atoms with Crippen molar-refractivity contribution in [2.24, 2.45) is 4.99 Å². The molecule has 4 aromatic carbocycles. The lowest BCUT2D eigenvalue weighted by Gasteiger charge is -2.12. The van der Waals surface area contributed by atoms with Gasteiger partial charge < -0.3 is 0 Å². The van der Waals surface area contributed by atoms with E-state index in [2.05, 4.69) is 65.2 Å². The molecule has 2 nitrogen and oxygen atoms in total. The van der Waals surface area contributed by atoms with Crippen molar-refractivity contribution >= 4 is 28.6 Å². The molecule has 0 N–H and O–H groups in total. The van der Waals surface area contributed by atoms with Crippen LogP contribution in [-0.2, 0) is 0 Å². The van der Waals surface area contributed by atoms with E-state index < -0.39 is 0 Å². The van der Waals surface area contributed by atoms with Gasteiger partial charge in [-0.2, -0.15) is 0 Å². The molecule has 0 aliphatic carbocycles. The quantitative estimate of drug-likeness (QED) is 0.273. The second-order valence-corrected chi connectivity index (χ2v) is 8.47. The lowest BCUT2D eigenvalue weighted by molar-refractivity contribution is 1.01. The van der Waals surface area contributed by atoms with E-state index in [1.807, 2.05) is 54.6 Å². The highest BCUT2D eigenvalue weighted by atomic mass is 35.5. The molecule has 0 aliphatic heterocycles. The Morgan fingerprint density at radius 2 is 1.19 bits per heavy atom. The summed E-state index contributed by atoms with van der Waals surface area (Å²) in [7, 11) is 0. The predicted octanol–water partition coefficient (Wildman–Crippen LogP) is 7.76. The first-order chi connectivity index (χ1) is 15.3. The van der Waals surface area contributed by atoms with Gasteiger partial charge in [-0.15, -0.1) is 0 Å². The molecule has 1 aromatic heterocycles. The first-order valence-corrected chi connectivity index (χ1v) is 11.2. The molecule has 0 atom stereocenters. The minimum absolute atomic E-state index is 0.723. The van der Waals surface area contributed by atoms with E-state index in [9.17, 15) is 0 Å². The Hall–Kier alpha value is -3.40. The van der Waals surface area contributed by atoms with Crippen LogP contribution in [0.2, 0.25) is 5.02 Å². The van der Waals surface area contributed by atoms with Crippen molar-refractivity contribution < 1.29 is 0 Å². The summed E-state index contributed by atoms with van der Waals surface area (Å²) in [6.07, 6.45) is 0. The number of benzene rings is 4. The maximum absolute atomic E-state index is 6.20. The highest BCUT2D eigenvalue weighted by Gasteiger charge is 2.18. The summed E-state index contributed by atoms with van der Waals surface area (Å²) in [6.45, 7) is 0. The highest BCUT2D eigenvalue weighted by molar-refractivity contribution is 7.13. The number of hydrogen-bond acceptors (Lipinski definition) is 2. The zero-order valence-electron chi connectivity index (χ0n) is 16.7. The third-order valence-electron chi connectivity index (χ3n) is 4.97. The van der Waals surface area contributed by atoms with E-state index in [1.165, 1.54) is 4.88 Å². The van der Waals surface area contributed by atoms with E-state index in [0.717, 1.165) is 38.0 Å². The van der Waals surface area contributed by atoms with Crippen molar-refractivity contribution in [3.63, 3.8) is 0 Å². The summed E-state index contributed by atoms with van der Waals surface area (Å²) in [6, 6.07) is 39.0. The Labute approximate surface area is 190 Å². The molecular weight excluding hydrogens is 420 g/mol. The van der Waals surface area contributed by atoms with Crippen molar-refractivity contribution in [1.29, 1.82) is 0 Å². The van der Waals surface area contributed by atoms with Gasteiger partial charge in [0.25, 0.3) is 0 Å². The first kappa shape index (κ1) is 19.6. The highest BCUT2D eigenvalue weighted by Crippen LogP contribution is 2.37. The van der Waals surface area contributed by atoms with Gasteiger partial charge in [-0.1, -0.05) is 102 Å². The maximum Gasteiger partial charge on any atom is 0.195 e. The van der Waals surface area contributed by atoms with Gasteiger partial charge in [-0.3, -0.25) is 4.57 Å². The molecule has 0 saturated carbocycles. The Morgan fingerprint density at radius 3 is 1.84 bits per heavy atom. The van der Waals surface area contributed by atoms with Gasteiger partial charge in [0.15, 0.2) is 4.80 Å². The summed E-state index contributed by atoms with van der Waals surface area (Å²) >= 11 is 7.89. The molecule has 0 spiro atoms. The third kappa shape index (κ3) is 4.11. The van der Waals surface area contributed by atoms with Crippen molar-refractivity contribution in [3.8, 4) is 27.4 Å². The summed E-state index contributed by atoms with van der Waals surface area (Å²) in [5.74, 6) is 0. The molecule has 31 heavy (non-hydrogen) atoms. The van der Waals surface area contributed by atoms with Gasteiger partial charge in [0.05, 0.1) is 16.3 Å². The van der Waals surface area contributed by atoms with Gasteiger partial charge in [0.2, 0.25) is 0 Å². The summed E-state index contributed by atoms with van der Waals surface area (Å²) in [5.41, 5.74) is 5.36. The summed E-state index contributed by atoms with van der Waals surface area (Å²) < 4.78 is 2.24. The lowest BCUT2D eigenvalue weighted by atomic mass is 10.1. The molecule has 0 radical (unpaired) electrons. The molecule has 0 saturated heterocycles. The van der Waals surface area contributed by atoms with E-state index >= 15 is 0 Å².